The van der Waals surface area contributed by atoms with Crippen molar-refractivity contribution in [3.05, 3.63) is 46.4 Å². The van der Waals surface area contributed by atoms with Gasteiger partial charge < -0.3 is 10.6 Å². The molecule has 2 aromatic rings. The van der Waals surface area contributed by atoms with Crippen molar-refractivity contribution in [2.75, 3.05) is 18.0 Å². The highest BCUT2D eigenvalue weighted by Crippen LogP contribution is 2.26. The predicted octanol–water partition coefficient (Wildman–Crippen LogP) is 2.57. The average Bonchev–Trinajstić information content (AvgIpc) is 2.42. The molecule has 18 heavy (non-hydrogen) atoms. The summed E-state index contributed by atoms with van der Waals surface area (Å²) in [4.78, 5) is 10.6. The first-order valence-corrected chi connectivity index (χ1v) is 6.89. The molecule has 1 heterocycles. The van der Waals surface area contributed by atoms with Crippen LogP contribution in [0.4, 0.5) is 11.5 Å². The molecule has 0 spiro atoms. The fourth-order valence-corrected chi connectivity index (χ4v) is 2.31. The van der Waals surface area contributed by atoms with E-state index < -0.39 is 0 Å². The van der Waals surface area contributed by atoms with E-state index in [9.17, 15) is 0 Å². The van der Waals surface area contributed by atoms with E-state index in [1.54, 1.807) is 6.33 Å². The van der Waals surface area contributed by atoms with Gasteiger partial charge in [0.25, 0.3) is 0 Å². The van der Waals surface area contributed by atoms with Crippen molar-refractivity contribution in [3.8, 4) is 0 Å². The minimum Gasteiger partial charge on any atom is -0.330 e. The SMILES string of the molecule is NCCCN(c1ccccc1)c1ncncc1I. The quantitative estimate of drug-likeness (QED) is 0.839. The fraction of sp³-hybridized carbons (Fsp3) is 0.231. The molecular weight excluding hydrogens is 339 g/mol. The third-order valence-corrected chi connectivity index (χ3v) is 3.32. The first-order chi connectivity index (χ1) is 8.83. The number of benzene rings is 1. The normalized spacial score (nSPS) is 10.3. The maximum absolute atomic E-state index is 5.61. The van der Waals surface area contributed by atoms with E-state index in [2.05, 4.69) is 49.6 Å². The zero-order valence-electron chi connectivity index (χ0n) is 9.96. The molecule has 1 aromatic carbocycles. The Balaban J connectivity index is 2.34. The molecule has 0 aliphatic carbocycles. The van der Waals surface area contributed by atoms with Crippen molar-refractivity contribution in [1.29, 1.82) is 0 Å². The van der Waals surface area contributed by atoms with Crippen molar-refractivity contribution in [3.63, 3.8) is 0 Å². The number of para-hydroxylation sites is 1. The zero-order valence-corrected chi connectivity index (χ0v) is 12.1. The van der Waals surface area contributed by atoms with Crippen LogP contribution in [0, 0.1) is 3.57 Å². The van der Waals surface area contributed by atoms with Gasteiger partial charge in [-0.3, -0.25) is 0 Å². The summed E-state index contributed by atoms with van der Waals surface area (Å²) in [5.74, 6) is 0.935. The molecule has 0 amide bonds. The summed E-state index contributed by atoms with van der Waals surface area (Å²) in [5.41, 5.74) is 6.74. The highest BCUT2D eigenvalue weighted by Gasteiger charge is 2.12. The number of aromatic nitrogens is 2. The van der Waals surface area contributed by atoms with Crippen LogP contribution in [0.3, 0.4) is 0 Å². The molecule has 0 saturated heterocycles. The van der Waals surface area contributed by atoms with Crippen LogP contribution < -0.4 is 10.6 Å². The molecule has 0 unspecified atom stereocenters. The Kier molecular flexibility index (Phi) is 4.89. The lowest BCUT2D eigenvalue weighted by Gasteiger charge is -2.24. The largest absolute Gasteiger partial charge is 0.330 e. The molecule has 0 aliphatic heterocycles. The van der Waals surface area contributed by atoms with Crippen LogP contribution >= 0.6 is 22.6 Å². The van der Waals surface area contributed by atoms with Gasteiger partial charge in [0.15, 0.2) is 0 Å². The van der Waals surface area contributed by atoms with Crippen LogP contribution in [0.5, 0.6) is 0 Å². The second-order valence-corrected chi connectivity index (χ2v) is 4.99. The molecule has 0 aliphatic rings. The van der Waals surface area contributed by atoms with Crippen LogP contribution in [0.1, 0.15) is 6.42 Å². The molecule has 0 atom stereocenters. The summed E-state index contributed by atoms with van der Waals surface area (Å²) < 4.78 is 1.04. The lowest BCUT2D eigenvalue weighted by atomic mass is 10.2. The predicted molar refractivity (Wildman–Crippen MR) is 81.9 cm³/mol. The first-order valence-electron chi connectivity index (χ1n) is 5.81. The molecular formula is C13H15IN4. The van der Waals surface area contributed by atoms with E-state index in [1.807, 2.05) is 24.4 Å². The molecule has 2 rings (SSSR count). The van der Waals surface area contributed by atoms with Crippen molar-refractivity contribution >= 4 is 34.1 Å². The Morgan fingerprint density at radius 2 is 2.00 bits per heavy atom. The Morgan fingerprint density at radius 1 is 1.22 bits per heavy atom. The maximum Gasteiger partial charge on any atom is 0.149 e. The zero-order chi connectivity index (χ0) is 12.8. The van der Waals surface area contributed by atoms with E-state index in [1.165, 1.54) is 0 Å². The molecule has 0 saturated carbocycles. The third kappa shape index (κ3) is 3.17. The van der Waals surface area contributed by atoms with Crippen LogP contribution in [0.25, 0.3) is 0 Å². The van der Waals surface area contributed by atoms with Crippen LogP contribution in [-0.4, -0.2) is 23.1 Å². The Bertz CT molecular complexity index is 489. The minimum atomic E-state index is 0.672. The van der Waals surface area contributed by atoms with Gasteiger partial charge in [-0.1, -0.05) is 18.2 Å². The Morgan fingerprint density at radius 3 is 2.67 bits per heavy atom. The van der Waals surface area contributed by atoms with E-state index in [4.69, 9.17) is 5.73 Å². The van der Waals surface area contributed by atoms with Gasteiger partial charge in [-0.05, 0) is 47.7 Å². The van der Waals surface area contributed by atoms with Crippen molar-refractivity contribution in [1.82, 2.24) is 9.97 Å². The topological polar surface area (TPSA) is 55.0 Å². The van der Waals surface area contributed by atoms with E-state index in [-0.39, 0.29) is 0 Å². The van der Waals surface area contributed by atoms with Crippen molar-refractivity contribution in [2.45, 2.75) is 6.42 Å². The summed E-state index contributed by atoms with van der Waals surface area (Å²) in [6.45, 7) is 1.53. The summed E-state index contributed by atoms with van der Waals surface area (Å²) in [6, 6.07) is 10.2. The maximum atomic E-state index is 5.61. The summed E-state index contributed by atoms with van der Waals surface area (Å²) in [5, 5.41) is 0. The second-order valence-electron chi connectivity index (χ2n) is 3.82. The van der Waals surface area contributed by atoms with E-state index in [0.717, 1.165) is 28.0 Å². The van der Waals surface area contributed by atoms with Crippen LogP contribution in [0.2, 0.25) is 0 Å². The average molecular weight is 354 g/mol. The van der Waals surface area contributed by atoms with Crippen molar-refractivity contribution < 1.29 is 0 Å². The van der Waals surface area contributed by atoms with Gasteiger partial charge in [0.1, 0.15) is 12.1 Å². The first kappa shape index (κ1) is 13.2. The fourth-order valence-electron chi connectivity index (χ4n) is 1.72. The molecule has 4 nitrogen and oxygen atoms in total. The lowest BCUT2D eigenvalue weighted by Crippen LogP contribution is -2.22. The van der Waals surface area contributed by atoms with Crippen molar-refractivity contribution in [2.24, 2.45) is 5.73 Å². The number of anilines is 2. The summed E-state index contributed by atoms with van der Waals surface area (Å²) in [7, 11) is 0. The van der Waals surface area contributed by atoms with E-state index >= 15 is 0 Å². The van der Waals surface area contributed by atoms with E-state index in [0.29, 0.717) is 6.54 Å². The molecule has 0 fully saturated rings. The van der Waals surface area contributed by atoms with Gasteiger partial charge in [0.05, 0.1) is 3.57 Å². The molecule has 2 N–H and O–H groups in total. The molecule has 0 bridgehead atoms. The van der Waals surface area contributed by atoms with Gasteiger partial charge in [0, 0.05) is 18.4 Å². The minimum absolute atomic E-state index is 0.672. The number of rotatable bonds is 5. The lowest BCUT2D eigenvalue weighted by molar-refractivity contribution is 0.806. The smallest absolute Gasteiger partial charge is 0.149 e. The number of halogens is 1. The highest BCUT2D eigenvalue weighted by atomic mass is 127. The number of nitrogens with two attached hydrogens (primary N) is 1. The third-order valence-electron chi connectivity index (χ3n) is 2.56. The number of hydrogen-bond acceptors (Lipinski definition) is 4. The van der Waals surface area contributed by atoms with Gasteiger partial charge in [-0.2, -0.15) is 0 Å². The molecule has 94 valence electrons. The summed E-state index contributed by atoms with van der Waals surface area (Å²) in [6.07, 6.45) is 4.33. The molecule has 0 radical (unpaired) electrons. The molecule has 1 aromatic heterocycles. The monoisotopic (exact) mass is 354 g/mol. The van der Waals surface area contributed by atoms with Gasteiger partial charge in [0.2, 0.25) is 0 Å². The second kappa shape index (κ2) is 6.65. The Hall–Kier alpha value is -1.21. The molecule has 5 heteroatoms. The number of hydrogen-bond donors (Lipinski definition) is 1. The van der Waals surface area contributed by atoms with Gasteiger partial charge in [-0.15, -0.1) is 0 Å². The van der Waals surface area contributed by atoms with Gasteiger partial charge >= 0.3 is 0 Å². The van der Waals surface area contributed by atoms with Crippen LogP contribution in [-0.2, 0) is 0 Å². The van der Waals surface area contributed by atoms with Gasteiger partial charge in [-0.25, -0.2) is 9.97 Å². The Labute approximate surface area is 120 Å². The number of nitrogens with zero attached hydrogens (tertiary/aromatic N) is 3. The summed E-state index contributed by atoms with van der Waals surface area (Å²) >= 11 is 2.26. The van der Waals surface area contributed by atoms with Crippen LogP contribution in [0.15, 0.2) is 42.9 Å². The highest BCUT2D eigenvalue weighted by molar-refractivity contribution is 14.1. The standard InChI is InChI=1S/C13H15IN4/c14-12-9-16-10-17-13(12)18(8-4-7-15)11-5-2-1-3-6-11/h1-3,5-6,9-10H,4,7-8,15H2.